The standard InChI is InChI=1S/C13H14N4O2/c14-10(6-12(15)18)13(19)17-11-3-1-2-8-4-5-16-7-9(8)11/h1-5,7,10H,6,14H2,(H2,15,18)(H,17,19). The molecule has 1 unspecified atom stereocenters. The molecule has 1 atom stereocenters. The Hall–Kier alpha value is -2.47. The van der Waals surface area contributed by atoms with Gasteiger partial charge in [0, 0.05) is 17.8 Å². The normalized spacial score (nSPS) is 12.1. The second-order valence-electron chi connectivity index (χ2n) is 4.17. The zero-order valence-corrected chi connectivity index (χ0v) is 10.2. The number of nitrogens with zero attached hydrogens (tertiary/aromatic N) is 1. The second-order valence-corrected chi connectivity index (χ2v) is 4.17. The Bertz CT molecular complexity index is 622. The number of aromatic nitrogens is 1. The summed E-state index contributed by atoms with van der Waals surface area (Å²) in [5.41, 5.74) is 11.2. The number of amides is 2. The highest BCUT2D eigenvalue weighted by molar-refractivity contribution is 6.04. The molecule has 2 aromatic rings. The lowest BCUT2D eigenvalue weighted by molar-refractivity contribution is -0.123. The maximum absolute atomic E-state index is 11.8. The third kappa shape index (κ3) is 3.05. The first-order chi connectivity index (χ1) is 9.08. The van der Waals surface area contributed by atoms with E-state index in [2.05, 4.69) is 10.3 Å². The molecule has 6 nitrogen and oxygen atoms in total. The lowest BCUT2D eigenvalue weighted by Gasteiger charge is -2.12. The van der Waals surface area contributed by atoms with Crippen LogP contribution in [0, 0.1) is 0 Å². The van der Waals surface area contributed by atoms with Crippen LogP contribution >= 0.6 is 0 Å². The van der Waals surface area contributed by atoms with Crippen molar-refractivity contribution < 1.29 is 9.59 Å². The monoisotopic (exact) mass is 258 g/mol. The van der Waals surface area contributed by atoms with Gasteiger partial charge in [0.2, 0.25) is 11.8 Å². The fourth-order valence-corrected chi connectivity index (χ4v) is 1.76. The fraction of sp³-hybridized carbons (Fsp3) is 0.154. The molecule has 0 aliphatic rings. The minimum Gasteiger partial charge on any atom is -0.370 e. The number of nitrogens with two attached hydrogens (primary N) is 2. The topological polar surface area (TPSA) is 111 Å². The number of carbonyl (C=O) groups excluding carboxylic acids is 2. The Morgan fingerprint density at radius 1 is 1.32 bits per heavy atom. The van der Waals surface area contributed by atoms with Gasteiger partial charge in [-0.2, -0.15) is 0 Å². The van der Waals surface area contributed by atoms with E-state index in [1.807, 2.05) is 18.2 Å². The number of nitrogens with one attached hydrogen (secondary N) is 1. The van der Waals surface area contributed by atoms with Crippen LogP contribution in [0.5, 0.6) is 0 Å². The molecule has 0 aliphatic heterocycles. The van der Waals surface area contributed by atoms with Crippen LogP contribution < -0.4 is 16.8 Å². The van der Waals surface area contributed by atoms with Crippen LogP contribution in [0.1, 0.15) is 6.42 Å². The molecule has 1 aromatic carbocycles. The average Bonchev–Trinajstić information content (AvgIpc) is 2.38. The molecule has 0 radical (unpaired) electrons. The first kappa shape index (κ1) is 13.0. The highest BCUT2D eigenvalue weighted by Crippen LogP contribution is 2.22. The summed E-state index contributed by atoms with van der Waals surface area (Å²) < 4.78 is 0. The van der Waals surface area contributed by atoms with Gasteiger partial charge in [-0.3, -0.25) is 14.6 Å². The second kappa shape index (κ2) is 5.45. The van der Waals surface area contributed by atoms with Crippen LogP contribution in [0.2, 0.25) is 0 Å². The quantitative estimate of drug-likeness (QED) is 0.735. The Kier molecular flexibility index (Phi) is 3.72. The maximum Gasteiger partial charge on any atom is 0.241 e. The SMILES string of the molecule is NC(=O)CC(N)C(=O)Nc1cccc2ccncc12. The molecule has 2 rings (SSSR count). The summed E-state index contributed by atoms with van der Waals surface area (Å²) in [6.45, 7) is 0. The molecule has 2 amide bonds. The smallest absolute Gasteiger partial charge is 0.241 e. The highest BCUT2D eigenvalue weighted by atomic mass is 16.2. The number of benzene rings is 1. The van der Waals surface area contributed by atoms with E-state index in [0.29, 0.717) is 5.69 Å². The zero-order valence-electron chi connectivity index (χ0n) is 10.2. The molecule has 0 saturated heterocycles. The third-order valence-electron chi connectivity index (χ3n) is 2.70. The molecule has 0 fully saturated rings. The molecule has 1 aromatic heterocycles. The van der Waals surface area contributed by atoms with E-state index in [4.69, 9.17) is 11.5 Å². The van der Waals surface area contributed by atoms with Gasteiger partial charge in [0.15, 0.2) is 0 Å². The van der Waals surface area contributed by atoms with Gasteiger partial charge in [-0.05, 0) is 17.5 Å². The predicted molar refractivity (Wildman–Crippen MR) is 72.2 cm³/mol. The van der Waals surface area contributed by atoms with E-state index in [-0.39, 0.29) is 6.42 Å². The Labute approximate surface area is 109 Å². The average molecular weight is 258 g/mol. The Balaban J connectivity index is 2.22. The lowest BCUT2D eigenvalue weighted by atomic mass is 10.1. The third-order valence-corrected chi connectivity index (χ3v) is 2.70. The molecular weight excluding hydrogens is 244 g/mol. The zero-order chi connectivity index (χ0) is 13.8. The molecule has 1 heterocycles. The summed E-state index contributed by atoms with van der Waals surface area (Å²) in [5.74, 6) is -1.06. The van der Waals surface area contributed by atoms with Crippen molar-refractivity contribution in [3.8, 4) is 0 Å². The fourth-order valence-electron chi connectivity index (χ4n) is 1.76. The van der Waals surface area contributed by atoms with E-state index in [1.54, 1.807) is 18.5 Å². The largest absolute Gasteiger partial charge is 0.370 e. The number of fused-ring (bicyclic) bond motifs is 1. The van der Waals surface area contributed by atoms with Gasteiger partial charge in [0.05, 0.1) is 18.2 Å². The van der Waals surface area contributed by atoms with Crippen molar-refractivity contribution in [3.05, 3.63) is 36.7 Å². The van der Waals surface area contributed by atoms with Crippen molar-refractivity contribution in [2.45, 2.75) is 12.5 Å². The minimum atomic E-state index is -0.954. The van der Waals surface area contributed by atoms with Crippen molar-refractivity contribution in [1.82, 2.24) is 4.98 Å². The van der Waals surface area contributed by atoms with Crippen LogP contribution in [0.15, 0.2) is 36.7 Å². The number of pyridine rings is 1. The van der Waals surface area contributed by atoms with Crippen LogP contribution in [-0.4, -0.2) is 22.8 Å². The number of hydrogen-bond acceptors (Lipinski definition) is 4. The van der Waals surface area contributed by atoms with Gasteiger partial charge in [-0.25, -0.2) is 0 Å². The molecule has 6 heteroatoms. The molecule has 0 saturated carbocycles. The van der Waals surface area contributed by atoms with Crippen molar-refractivity contribution >= 4 is 28.3 Å². The first-order valence-corrected chi connectivity index (χ1v) is 5.75. The van der Waals surface area contributed by atoms with Gasteiger partial charge in [-0.1, -0.05) is 12.1 Å². The Morgan fingerprint density at radius 3 is 2.84 bits per heavy atom. The van der Waals surface area contributed by atoms with Gasteiger partial charge < -0.3 is 16.8 Å². The van der Waals surface area contributed by atoms with Gasteiger partial charge in [-0.15, -0.1) is 0 Å². The van der Waals surface area contributed by atoms with Gasteiger partial charge in [0.25, 0.3) is 0 Å². The predicted octanol–water partition coefficient (Wildman–Crippen LogP) is 0.376. The summed E-state index contributed by atoms with van der Waals surface area (Å²) in [6, 6.07) is 6.37. The lowest BCUT2D eigenvalue weighted by Crippen LogP contribution is -2.39. The van der Waals surface area contributed by atoms with E-state index in [0.717, 1.165) is 10.8 Å². The minimum absolute atomic E-state index is 0.186. The number of anilines is 1. The number of rotatable bonds is 4. The molecular formula is C13H14N4O2. The van der Waals surface area contributed by atoms with Crippen LogP contribution in [0.3, 0.4) is 0 Å². The van der Waals surface area contributed by atoms with E-state index < -0.39 is 17.9 Å². The van der Waals surface area contributed by atoms with Crippen LogP contribution in [0.4, 0.5) is 5.69 Å². The summed E-state index contributed by atoms with van der Waals surface area (Å²) in [7, 11) is 0. The van der Waals surface area contributed by atoms with Gasteiger partial charge >= 0.3 is 0 Å². The maximum atomic E-state index is 11.8. The summed E-state index contributed by atoms with van der Waals surface area (Å²) in [4.78, 5) is 26.6. The number of carbonyl (C=O) groups is 2. The van der Waals surface area contributed by atoms with Crippen LogP contribution in [0.25, 0.3) is 10.8 Å². The Morgan fingerprint density at radius 2 is 2.11 bits per heavy atom. The summed E-state index contributed by atoms with van der Waals surface area (Å²) in [6.07, 6.45) is 3.15. The highest BCUT2D eigenvalue weighted by Gasteiger charge is 2.16. The summed E-state index contributed by atoms with van der Waals surface area (Å²) in [5, 5.41) is 4.44. The van der Waals surface area contributed by atoms with E-state index in [1.165, 1.54) is 0 Å². The van der Waals surface area contributed by atoms with Crippen molar-refractivity contribution in [3.63, 3.8) is 0 Å². The van der Waals surface area contributed by atoms with Crippen molar-refractivity contribution in [2.75, 3.05) is 5.32 Å². The number of primary amides is 1. The van der Waals surface area contributed by atoms with Gasteiger partial charge in [0.1, 0.15) is 0 Å². The molecule has 5 N–H and O–H groups in total. The molecule has 19 heavy (non-hydrogen) atoms. The molecule has 98 valence electrons. The molecule has 0 bridgehead atoms. The number of hydrogen-bond donors (Lipinski definition) is 3. The molecule has 0 aliphatic carbocycles. The van der Waals surface area contributed by atoms with E-state index in [9.17, 15) is 9.59 Å². The van der Waals surface area contributed by atoms with E-state index >= 15 is 0 Å². The molecule has 0 spiro atoms. The summed E-state index contributed by atoms with van der Waals surface area (Å²) >= 11 is 0. The first-order valence-electron chi connectivity index (χ1n) is 5.75. The van der Waals surface area contributed by atoms with Crippen molar-refractivity contribution in [2.24, 2.45) is 11.5 Å². The van der Waals surface area contributed by atoms with Crippen LogP contribution in [-0.2, 0) is 9.59 Å². The van der Waals surface area contributed by atoms with Crippen molar-refractivity contribution in [1.29, 1.82) is 0 Å².